The predicted molar refractivity (Wildman–Crippen MR) is 180 cm³/mol. The second-order valence-electron chi connectivity index (χ2n) is 12.6. The molecule has 0 radical (unpaired) electrons. The molecular formula is C38H48ClN3O. The lowest BCUT2D eigenvalue weighted by Gasteiger charge is -2.27. The van der Waals surface area contributed by atoms with Gasteiger partial charge in [-0.2, -0.15) is 0 Å². The number of hydrogen-bond acceptors (Lipinski definition) is 3. The van der Waals surface area contributed by atoms with Crippen LogP contribution in [0, 0.1) is 38.5 Å². The van der Waals surface area contributed by atoms with Gasteiger partial charge in [-0.3, -0.25) is 9.78 Å². The third kappa shape index (κ3) is 9.89. The number of nitrogens with zero attached hydrogens (tertiary/aromatic N) is 2. The average Bonchev–Trinajstić information content (AvgIpc) is 3.14. The Labute approximate surface area is 264 Å². The number of aryl methyl sites for hydroxylation is 3. The number of nitrogens with one attached hydrogen (secondary N) is 1. The van der Waals surface area contributed by atoms with Gasteiger partial charge in [-0.1, -0.05) is 73.6 Å². The molecule has 0 saturated carbocycles. The van der Waals surface area contributed by atoms with E-state index in [1.807, 2.05) is 20.0 Å². The molecule has 2 aliphatic carbocycles. The van der Waals surface area contributed by atoms with Crippen molar-refractivity contribution in [3.63, 3.8) is 0 Å². The number of hydrogen-bond donors (Lipinski definition) is 1. The van der Waals surface area contributed by atoms with Gasteiger partial charge in [0.05, 0.1) is 11.3 Å². The zero-order valence-corrected chi connectivity index (χ0v) is 27.2. The van der Waals surface area contributed by atoms with E-state index in [9.17, 15) is 4.79 Å². The van der Waals surface area contributed by atoms with E-state index in [0.717, 1.165) is 49.2 Å². The summed E-state index contributed by atoms with van der Waals surface area (Å²) in [4.78, 5) is 21.5. The van der Waals surface area contributed by atoms with Gasteiger partial charge in [-0.05, 0) is 130 Å². The van der Waals surface area contributed by atoms with Crippen LogP contribution in [-0.2, 0) is 6.42 Å². The van der Waals surface area contributed by atoms with Crippen molar-refractivity contribution in [3.8, 4) is 0 Å². The number of rotatable bonds is 11. The molecule has 1 N–H and O–H groups in total. The molecule has 228 valence electrons. The number of pyridine rings is 2. The van der Waals surface area contributed by atoms with Crippen molar-refractivity contribution in [1.82, 2.24) is 15.3 Å². The number of allylic oxidation sites excluding steroid dienone is 9. The van der Waals surface area contributed by atoms with Gasteiger partial charge in [0.1, 0.15) is 5.15 Å². The number of aromatic nitrogens is 2. The molecule has 2 aromatic rings. The van der Waals surface area contributed by atoms with Gasteiger partial charge < -0.3 is 5.32 Å². The number of halogens is 1. The second-order valence-corrected chi connectivity index (χ2v) is 13.0. The maximum atomic E-state index is 12.8. The van der Waals surface area contributed by atoms with E-state index in [2.05, 4.69) is 84.4 Å². The second kappa shape index (κ2) is 16.0. The highest BCUT2D eigenvalue weighted by molar-refractivity contribution is 6.29. The molecule has 1 amide bonds. The quantitative estimate of drug-likeness (QED) is 0.207. The Morgan fingerprint density at radius 3 is 2.77 bits per heavy atom. The van der Waals surface area contributed by atoms with Crippen molar-refractivity contribution in [1.29, 1.82) is 0 Å². The maximum Gasteiger partial charge on any atom is 0.253 e. The minimum atomic E-state index is -0.0621. The van der Waals surface area contributed by atoms with Gasteiger partial charge in [0, 0.05) is 18.9 Å². The number of carbonyl (C=O) groups is 1. The third-order valence-electron chi connectivity index (χ3n) is 9.13. The predicted octanol–water partition coefficient (Wildman–Crippen LogP) is 9.57. The summed E-state index contributed by atoms with van der Waals surface area (Å²) in [5, 5.41) is 3.55. The first kappa shape index (κ1) is 32.7. The molecule has 4 rings (SSSR count). The summed E-state index contributed by atoms with van der Waals surface area (Å²) in [6, 6.07) is 3.89. The van der Waals surface area contributed by atoms with Crippen molar-refractivity contribution in [2.75, 3.05) is 6.54 Å². The third-order valence-corrected chi connectivity index (χ3v) is 9.32. The van der Waals surface area contributed by atoms with Crippen molar-refractivity contribution in [3.05, 3.63) is 117 Å². The number of amides is 1. The monoisotopic (exact) mass is 597 g/mol. The molecule has 0 saturated heterocycles. The largest absolute Gasteiger partial charge is 0.352 e. The van der Waals surface area contributed by atoms with E-state index in [4.69, 9.17) is 11.6 Å². The normalized spacial score (nSPS) is 18.6. The first-order valence-electron chi connectivity index (χ1n) is 15.9. The Bertz CT molecular complexity index is 1390. The summed E-state index contributed by atoms with van der Waals surface area (Å²) in [6.45, 7) is 13.0. The van der Waals surface area contributed by atoms with E-state index in [0.29, 0.717) is 34.8 Å². The Balaban J connectivity index is 1.32. The highest BCUT2D eigenvalue weighted by Crippen LogP contribution is 2.34. The minimum absolute atomic E-state index is 0.0621. The zero-order valence-electron chi connectivity index (χ0n) is 26.5. The highest BCUT2D eigenvalue weighted by atomic mass is 35.5. The molecule has 0 fully saturated rings. The molecule has 43 heavy (non-hydrogen) atoms. The van der Waals surface area contributed by atoms with E-state index in [-0.39, 0.29) is 5.91 Å². The summed E-state index contributed by atoms with van der Waals surface area (Å²) in [7, 11) is 0. The lowest BCUT2D eigenvalue weighted by molar-refractivity contribution is 0.0950. The van der Waals surface area contributed by atoms with Crippen LogP contribution >= 0.6 is 11.6 Å². The van der Waals surface area contributed by atoms with Crippen LogP contribution in [-0.4, -0.2) is 22.4 Å². The van der Waals surface area contributed by atoms with E-state index < -0.39 is 0 Å². The number of carbonyl (C=O) groups excluding carboxylic acids is 1. The minimum Gasteiger partial charge on any atom is -0.352 e. The molecule has 0 aromatic carbocycles. The van der Waals surface area contributed by atoms with E-state index >= 15 is 0 Å². The average molecular weight is 598 g/mol. The van der Waals surface area contributed by atoms with Crippen molar-refractivity contribution in [2.24, 2.45) is 17.8 Å². The lowest BCUT2D eigenvalue weighted by atomic mass is 9.79. The smallest absolute Gasteiger partial charge is 0.253 e. The molecular weight excluding hydrogens is 550 g/mol. The summed E-state index contributed by atoms with van der Waals surface area (Å²) >= 11 is 6.04. The van der Waals surface area contributed by atoms with Crippen molar-refractivity contribution < 1.29 is 4.79 Å². The Morgan fingerprint density at radius 1 is 1.14 bits per heavy atom. The van der Waals surface area contributed by atoms with Gasteiger partial charge in [0.25, 0.3) is 5.91 Å². The van der Waals surface area contributed by atoms with Crippen LogP contribution in [0.2, 0.25) is 5.15 Å². The molecule has 2 unspecified atom stereocenters. The molecule has 0 bridgehead atoms. The van der Waals surface area contributed by atoms with Gasteiger partial charge >= 0.3 is 0 Å². The summed E-state index contributed by atoms with van der Waals surface area (Å²) < 4.78 is 0. The molecule has 0 spiro atoms. The Hall–Kier alpha value is -3.24. The van der Waals surface area contributed by atoms with Crippen LogP contribution in [0.5, 0.6) is 0 Å². The lowest BCUT2D eigenvalue weighted by Crippen LogP contribution is -2.27. The SMILES string of the molecule is C=C1C=CC=C(CC(Cc2cnccc2C)CC2CCC=C([C@H](C)CCNC(=O)c3c(C)cc(Cl)nc3C)CCC2)C=C1. The van der Waals surface area contributed by atoms with Crippen molar-refractivity contribution >= 4 is 17.5 Å². The summed E-state index contributed by atoms with van der Waals surface area (Å²) in [6.07, 6.45) is 27.7. The molecule has 4 nitrogen and oxygen atoms in total. The zero-order chi connectivity index (χ0) is 30.8. The topological polar surface area (TPSA) is 54.9 Å². The summed E-state index contributed by atoms with van der Waals surface area (Å²) in [5.74, 6) is 1.71. The first-order chi connectivity index (χ1) is 20.7. The highest BCUT2D eigenvalue weighted by Gasteiger charge is 2.21. The standard InChI is InChI=1S/C38H48ClN3O/c1-26-9-6-10-32(16-15-26)23-33(24-35-25-40-19-17-28(35)3)22-31-11-7-13-34(14-8-12-31)27(2)18-20-41-38(43)37-29(4)21-36(39)42-30(37)5/h6,9-10,13,15-17,19,21,25,27,31,33H,1,7-8,11-12,14,18,20,22-24H2,2-5H3,(H,41,43)/t27-,31?,33?/m1/s1. The fraction of sp³-hybridized carbons (Fsp3) is 0.447. The van der Waals surface area contributed by atoms with Crippen LogP contribution in [0.4, 0.5) is 0 Å². The molecule has 2 heterocycles. The van der Waals surface area contributed by atoms with E-state index in [1.54, 1.807) is 11.6 Å². The maximum absolute atomic E-state index is 12.8. The molecule has 5 heteroatoms. The van der Waals surface area contributed by atoms with Gasteiger partial charge in [0.2, 0.25) is 0 Å². The molecule has 0 aliphatic heterocycles. The van der Waals surface area contributed by atoms with Crippen LogP contribution in [0.25, 0.3) is 0 Å². The van der Waals surface area contributed by atoms with Crippen LogP contribution in [0.15, 0.2) is 84.3 Å². The van der Waals surface area contributed by atoms with Crippen molar-refractivity contribution in [2.45, 2.75) is 85.5 Å². The van der Waals surface area contributed by atoms with E-state index in [1.165, 1.54) is 42.4 Å². The molecule has 3 atom stereocenters. The fourth-order valence-electron chi connectivity index (χ4n) is 6.65. The van der Waals surface area contributed by atoms with Crippen LogP contribution in [0.3, 0.4) is 0 Å². The van der Waals surface area contributed by atoms with Gasteiger partial charge in [-0.25, -0.2) is 4.98 Å². The first-order valence-corrected chi connectivity index (χ1v) is 16.3. The van der Waals surface area contributed by atoms with Gasteiger partial charge in [0.15, 0.2) is 0 Å². The molecule has 2 aliphatic rings. The Kier molecular flexibility index (Phi) is 12.2. The fourth-order valence-corrected chi connectivity index (χ4v) is 6.94. The van der Waals surface area contributed by atoms with Crippen LogP contribution in [0.1, 0.15) is 91.0 Å². The molecule has 2 aromatic heterocycles. The summed E-state index contributed by atoms with van der Waals surface area (Å²) in [5.41, 5.74) is 8.87. The van der Waals surface area contributed by atoms with Crippen LogP contribution < -0.4 is 5.32 Å². The Morgan fingerprint density at radius 2 is 1.98 bits per heavy atom. The van der Waals surface area contributed by atoms with Gasteiger partial charge in [-0.15, -0.1) is 0 Å².